The van der Waals surface area contributed by atoms with Gasteiger partial charge in [-0.25, -0.2) is 4.79 Å². The van der Waals surface area contributed by atoms with Crippen molar-refractivity contribution in [1.82, 2.24) is 5.32 Å². The van der Waals surface area contributed by atoms with Crippen LogP contribution in [0.2, 0.25) is 0 Å². The smallest absolute Gasteiger partial charge is 0.405 e. The highest BCUT2D eigenvalue weighted by Crippen LogP contribution is 2.17. The third-order valence-electron chi connectivity index (χ3n) is 1.73. The molecule has 5 heteroatoms. The number of hydrogen-bond donors (Lipinski definition) is 3. The van der Waals surface area contributed by atoms with Gasteiger partial charge >= 0.3 is 6.09 Å². The summed E-state index contributed by atoms with van der Waals surface area (Å²) in [4.78, 5) is 10.2. The Morgan fingerprint density at radius 2 is 2.45 bits per heavy atom. The van der Waals surface area contributed by atoms with Gasteiger partial charge in [-0.2, -0.15) is 0 Å². The quantitative estimate of drug-likeness (QED) is 0.480. The molecule has 0 saturated carbocycles. The Morgan fingerprint density at radius 3 is 2.82 bits per heavy atom. The minimum atomic E-state index is -1.14. The summed E-state index contributed by atoms with van der Waals surface area (Å²) < 4.78 is 4.90. The van der Waals surface area contributed by atoms with Crippen LogP contribution < -0.4 is 5.32 Å². The van der Waals surface area contributed by atoms with Gasteiger partial charge in [-0.1, -0.05) is 0 Å². The van der Waals surface area contributed by atoms with Crippen LogP contribution >= 0.6 is 0 Å². The van der Waals surface area contributed by atoms with Gasteiger partial charge in [0.05, 0.1) is 19.3 Å². The Bertz CT molecular complexity index is 168. The zero-order valence-electron chi connectivity index (χ0n) is 6.20. The van der Waals surface area contributed by atoms with Crippen molar-refractivity contribution in [1.29, 1.82) is 0 Å². The largest absolute Gasteiger partial charge is 0.465 e. The first-order valence-electron chi connectivity index (χ1n) is 3.32. The average Bonchev–Trinajstić information content (AvgIpc) is 2.10. The normalized spacial score (nSPS) is 37.1. The fraction of sp³-hybridized carbons (Fsp3) is 0.833. The molecule has 0 aromatic heterocycles. The predicted octanol–water partition coefficient (Wildman–Crippen LogP) is -0.596. The van der Waals surface area contributed by atoms with Crippen molar-refractivity contribution in [3.05, 3.63) is 0 Å². The molecule has 0 radical (unpaired) electrons. The van der Waals surface area contributed by atoms with Crippen LogP contribution in [0.15, 0.2) is 0 Å². The molecular weight excluding hydrogens is 150 g/mol. The fourth-order valence-corrected chi connectivity index (χ4v) is 1.01. The van der Waals surface area contributed by atoms with Crippen LogP contribution in [0, 0.1) is 0 Å². The molecule has 1 aliphatic rings. The van der Waals surface area contributed by atoms with Crippen LogP contribution in [-0.4, -0.2) is 41.2 Å². The maximum Gasteiger partial charge on any atom is 0.405 e. The highest BCUT2D eigenvalue weighted by Gasteiger charge is 2.38. The molecule has 1 fully saturated rings. The monoisotopic (exact) mass is 161 g/mol. The van der Waals surface area contributed by atoms with E-state index in [2.05, 4.69) is 5.32 Å². The number of nitrogens with one attached hydrogen (secondary N) is 1. The van der Waals surface area contributed by atoms with Crippen LogP contribution in [0.1, 0.15) is 6.92 Å². The Hall–Kier alpha value is -0.810. The Balaban J connectivity index is 2.51. The van der Waals surface area contributed by atoms with Crippen molar-refractivity contribution in [2.75, 3.05) is 13.2 Å². The van der Waals surface area contributed by atoms with E-state index in [1.165, 1.54) is 0 Å². The lowest BCUT2D eigenvalue weighted by Crippen LogP contribution is -2.49. The summed E-state index contributed by atoms with van der Waals surface area (Å²) in [5.74, 6) is 0. The highest BCUT2D eigenvalue weighted by atomic mass is 16.5. The molecule has 0 unspecified atom stereocenters. The fourth-order valence-electron chi connectivity index (χ4n) is 1.01. The minimum Gasteiger partial charge on any atom is -0.465 e. The van der Waals surface area contributed by atoms with Crippen molar-refractivity contribution in [2.24, 2.45) is 0 Å². The third kappa shape index (κ3) is 1.81. The van der Waals surface area contributed by atoms with E-state index in [-0.39, 0.29) is 13.2 Å². The van der Waals surface area contributed by atoms with Gasteiger partial charge in [0.25, 0.3) is 0 Å². The van der Waals surface area contributed by atoms with Crippen LogP contribution in [0.3, 0.4) is 0 Å². The molecule has 5 nitrogen and oxygen atoms in total. The standard InChI is InChI=1S/C6H11NO4/c1-6(10)3-11-2-4(6)7-5(8)9/h4,7,10H,2-3H2,1H3,(H,8,9)/t4-,6+/m0/s1. The van der Waals surface area contributed by atoms with Crippen LogP contribution in [-0.2, 0) is 4.74 Å². The number of hydrogen-bond acceptors (Lipinski definition) is 3. The lowest BCUT2D eigenvalue weighted by atomic mass is 10.0. The van der Waals surface area contributed by atoms with Crippen molar-refractivity contribution in [3.63, 3.8) is 0 Å². The van der Waals surface area contributed by atoms with Gasteiger partial charge < -0.3 is 20.3 Å². The first-order chi connectivity index (χ1) is 5.02. The van der Waals surface area contributed by atoms with Crippen LogP contribution in [0.4, 0.5) is 4.79 Å². The molecule has 1 heterocycles. The molecule has 11 heavy (non-hydrogen) atoms. The van der Waals surface area contributed by atoms with Gasteiger partial charge in [0.2, 0.25) is 0 Å². The molecule has 0 spiro atoms. The summed E-state index contributed by atoms with van der Waals surface area (Å²) in [6.45, 7) is 1.96. The number of ether oxygens (including phenoxy) is 1. The average molecular weight is 161 g/mol. The lowest BCUT2D eigenvalue weighted by molar-refractivity contribution is 0.0299. The zero-order valence-corrected chi connectivity index (χ0v) is 6.20. The van der Waals surface area contributed by atoms with Crippen molar-refractivity contribution in [3.8, 4) is 0 Å². The van der Waals surface area contributed by atoms with E-state index < -0.39 is 17.7 Å². The Kier molecular flexibility index (Phi) is 2.01. The Labute approximate surface area is 64.0 Å². The summed E-state index contributed by atoms with van der Waals surface area (Å²) in [5, 5.41) is 20.0. The summed E-state index contributed by atoms with van der Waals surface area (Å²) in [6.07, 6.45) is -1.14. The third-order valence-corrected chi connectivity index (χ3v) is 1.73. The number of carbonyl (C=O) groups is 1. The van der Waals surface area contributed by atoms with Gasteiger partial charge in [-0.05, 0) is 6.92 Å². The maximum absolute atomic E-state index is 10.2. The number of amides is 1. The van der Waals surface area contributed by atoms with Gasteiger partial charge in [0, 0.05) is 0 Å². The van der Waals surface area contributed by atoms with Crippen molar-refractivity contribution in [2.45, 2.75) is 18.6 Å². The van der Waals surface area contributed by atoms with E-state index in [0.29, 0.717) is 0 Å². The number of aliphatic hydroxyl groups is 1. The second kappa shape index (κ2) is 2.67. The van der Waals surface area contributed by atoms with Crippen molar-refractivity contribution < 1.29 is 19.7 Å². The first kappa shape index (κ1) is 8.29. The highest BCUT2D eigenvalue weighted by molar-refractivity contribution is 5.65. The van der Waals surface area contributed by atoms with Gasteiger partial charge in [0.1, 0.15) is 5.60 Å². The molecular formula is C6H11NO4. The molecule has 0 aliphatic carbocycles. The van der Waals surface area contributed by atoms with E-state index in [1.54, 1.807) is 6.92 Å². The topological polar surface area (TPSA) is 78.8 Å². The predicted molar refractivity (Wildman–Crippen MR) is 36.4 cm³/mol. The molecule has 0 aromatic carbocycles. The van der Waals surface area contributed by atoms with Gasteiger partial charge in [-0.15, -0.1) is 0 Å². The molecule has 0 aromatic rings. The molecule has 2 atom stereocenters. The summed E-state index contributed by atoms with van der Waals surface area (Å²) >= 11 is 0. The van der Waals surface area contributed by atoms with E-state index in [0.717, 1.165) is 0 Å². The lowest BCUT2D eigenvalue weighted by Gasteiger charge is -2.22. The summed E-state index contributed by atoms with van der Waals surface area (Å²) in [7, 11) is 0. The maximum atomic E-state index is 10.2. The number of rotatable bonds is 1. The molecule has 0 bridgehead atoms. The summed E-state index contributed by atoms with van der Waals surface area (Å²) in [6, 6.07) is -0.514. The van der Waals surface area contributed by atoms with Crippen LogP contribution in [0.5, 0.6) is 0 Å². The second-order valence-corrected chi connectivity index (χ2v) is 2.87. The molecule has 64 valence electrons. The molecule has 1 saturated heterocycles. The van der Waals surface area contributed by atoms with E-state index in [4.69, 9.17) is 9.84 Å². The van der Waals surface area contributed by atoms with Gasteiger partial charge in [-0.3, -0.25) is 0 Å². The minimum absolute atomic E-state index is 0.179. The molecule has 3 N–H and O–H groups in total. The number of carboxylic acid groups (broad SMARTS) is 1. The SMILES string of the molecule is C[C@@]1(O)COC[C@@H]1NC(=O)O. The van der Waals surface area contributed by atoms with E-state index in [1.807, 2.05) is 0 Å². The van der Waals surface area contributed by atoms with Gasteiger partial charge in [0.15, 0.2) is 0 Å². The Morgan fingerprint density at radius 1 is 1.82 bits per heavy atom. The zero-order chi connectivity index (χ0) is 8.48. The van der Waals surface area contributed by atoms with Crippen molar-refractivity contribution >= 4 is 6.09 Å². The second-order valence-electron chi connectivity index (χ2n) is 2.87. The first-order valence-corrected chi connectivity index (χ1v) is 3.32. The molecule has 1 amide bonds. The van der Waals surface area contributed by atoms with Crippen LogP contribution in [0.25, 0.3) is 0 Å². The molecule has 1 aliphatic heterocycles. The molecule has 1 rings (SSSR count). The van der Waals surface area contributed by atoms with E-state index in [9.17, 15) is 9.90 Å². The summed E-state index contributed by atoms with van der Waals surface area (Å²) in [5.41, 5.74) is -1.07. The van der Waals surface area contributed by atoms with E-state index >= 15 is 0 Å².